The normalized spacial score (nSPS) is 16.7. The van der Waals surface area contributed by atoms with E-state index < -0.39 is 5.97 Å². The summed E-state index contributed by atoms with van der Waals surface area (Å²) in [4.78, 5) is 36.9. The highest BCUT2D eigenvalue weighted by molar-refractivity contribution is 5.94. The van der Waals surface area contributed by atoms with Crippen LogP contribution in [0, 0.1) is 0 Å². The summed E-state index contributed by atoms with van der Waals surface area (Å²) in [6, 6.07) is -0.0479. The van der Waals surface area contributed by atoms with E-state index in [-0.39, 0.29) is 17.9 Å². The number of ether oxygens (including phenoxy) is 1. The topological polar surface area (TPSA) is 75.7 Å². The van der Waals surface area contributed by atoms with Crippen LogP contribution in [0.4, 0.5) is 0 Å². The molecule has 1 aliphatic heterocycles. The van der Waals surface area contributed by atoms with Crippen molar-refractivity contribution in [1.82, 2.24) is 10.2 Å². The van der Waals surface area contributed by atoms with Gasteiger partial charge in [-0.2, -0.15) is 0 Å². The van der Waals surface area contributed by atoms with Gasteiger partial charge in [0.2, 0.25) is 11.8 Å². The van der Waals surface area contributed by atoms with Crippen LogP contribution in [-0.2, 0) is 19.1 Å². The smallest absolute Gasteiger partial charge is 0.330 e. The summed E-state index contributed by atoms with van der Waals surface area (Å²) in [5, 5.41) is 2.98. The summed E-state index contributed by atoms with van der Waals surface area (Å²) in [7, 11) is 1.26. The lowest BCUT2D eigenvalue weighted by Gasteiger charge is -2.15. The monoisotopic (exact) mass is 508 g/mol. The summed E-state index contributed by atoms with van der Waals surface area (Å²) in [6.07, 6.45) is 35.9. The fourth-order valence-electron chi connectivity index (χ4n) is 3.54. The minimum absolute atomic E-state index is 0.0102. The molecule has 0 spiro atoms. The predicted octanol–water partition coefficient (Wildman–Crippen LogP) is 5.91. The average molecular weight is 509 g/mol. The molecule has 0 aromatic heterocycles. The van der Waals surface area contributed by atoms with Crippen LogP contribution in [0.5, 0.6) is 0 Å². The highest BCUT2D eigenvalue weighted by Crippen LogP contribution is 2.10. The van der Waals surface area contributed by atoms with Crippen LogP contribution >= 0.6 is 0 Å². The third kappa shape index (κ3) is 17.6. The number of methoxy groups -OCH3 is 1. The number of rotatable bonds is 17. The van der Waals surface area contributed by atoms with Crippen LogP contribution < -0.4 is 5.32 Å². The number of hydrogen-bond donors (Lipinski definition) is 1. The summed E-state index contributed by atoms with van der Waals surface area (Å²) in [6.45, 7) is 3.16. The Morgan fingerprint density at radius 2 is 1.30 bits per heavy atom. The summed E-state index contributed by atoms with van der Waals surface area (Å²) in [5.74, 6) is -0.823. The molecule has 0 aromatic carbocycles. The average Bonchev–Trinajstić information content (AvgIpc) is 3.36. The lowest BCUT2D eigenvalue weighted by atomic mass is 10.2. The zero-order valence-electron chi connectivity index (χ0n) is 22.5. The maximum absolute atomic E-state index is 12.2. The van der Waals surface area contributed by atoms with Crippen LogP contribution in [0.25, 0.3) is 0 Å². The second kappa shape index (κ2) is 21.8. The summed E-state index contributed by atoms with van der Waals surface area (Å²) in [5.41, 5.74) is 0. The van der Waals surface area contributed by atoms with Crippen LogP contribution in [0.2, 0.25) is 0 Å². The third-order valence-electron chi connectivity index (χ3n) is 5.56. The predicted molar refractivity (Wildman–Crippen MR) is 152 cm³/mol. The van der Waals surface area contributed by atoms with Gasteiger partial charge in [-0.05, 0) is 51.4 Å². The molecule has 1 atom stereocenters. The lowest BCUT2D eigenvalue weighted by Crippen LogP contribution is -2.38. The molecule has 0 bridgehead atoms. The number of nitrogens with zero attached hydrogens (tertiary/aromatic N) is 1. The van der Waals surface area contributed by atoms with Crippen molar-refractivity contribution >= 4 is 17.8 Å². The molecule has 0 aromatic rings. The molecule has 1 heterocycles. The lowest BCUT2D eigenvalue weighted by molar-refractivity contribution is -0.135. The third-order valence-corrected chi connectivity index (χ3v) is 5.56. The number of allylic oxidation sites excluding steroid dienone is 12. The Bertz CT molecular complexity index is 878. The minimum atomic E-state index is -0.563. The standard InChI is InChI=1S/C31H44N2O4/c1-3-4-5-6-7-8-9-10-11-12-13-14-15-16-17-18-19-20-21-22-29(34)32-28-25-26-33(27-28)30(35)23-24-31(36)37-2/h4-5,7-8,10-11,13-14,16-17,19-20,23-24,28H,3,6,9,12,15,18,21-22,25-27H2,1-2H3,(H,32,34)/b5-4-,8-7-,11-10-,14-13-,17-16-,20-19-,24-23+/t28-/m0/s1. The molecule has 37 heavy (non-hydrogen) atoms. The van der Waals surface area contributed by atoms with Crippen molar-refractivity contribution in [1.29, 1.82) is 0 Å². The van der Waals surface area contributed by atoms with Gasteiger partial charge < -0.3 is 15.0 Å². The number of hydrogen-bond acceptors (Lipinski definition) is 4. The Morgan fingerprint density at radius 3 is 1.81 bits per heavy atom. The van der Waals surface area contributed by atoms with Crippen molar-refractivity contribution in [2.24, 2.45) is 0 Å². The van der Waals surface area contributed by atoms with Gasteiger partial charge in [0.05, 0.1) is 7.11 Å². The molecule has 6 nitrogen and oxygen atoms in total. The number of carbonyl (C=O) groups is 3. The molecule has 2 amide bonds. The van der Waals surface area contributed by atoms with Crippen LogP contribution in [0.3, 0.4) is 0 Å². The fraction of sp³-hybridized carbons (Fsp3) is 0.452. The summed E-state index contributed by atoms with van der Waals surface area (Å²) < 4.78 is 4.48. The van der Waals surface area contributed by atoms with Gasteiger partial charge in [-0.25, -0.2) is 4.79 Å². The molecular formula is C31H44N2O4. The minimum Gasteiger partial charge on any atom is -0.466 e. The highest BCUT2D eigenvalue weighted by atomic mass is 16.5. The number of amides is 2. The first-order valence-electron chi connectivity index (χ1n) is 13.3. The molecule has 6 heteroatoms. The van der Waals surface area contributed by atoms with Gasteiger partial charge in [0, 0.05) is 37.7 Å². The zero-order chi connectivity index (χ0) is 27.0. The number of nitrogens with one attached hydrogen (secondary N) is 1. The van der Waals surface area contributed by atoms with Gasteiger partial charge in [-0.3, -0.25) is 9.59 Å². The van der Waals surface area contributed by atoms with E-state index in [1.165, 1.54) is 13.2 Å². The van der Waals surface area contributed by atoms with E-state index in [9.17, 15) is 14.4 Å². The molecule has 0 aliphatic carbocycles. The number of carbonyl (C=O) groups excluding carboxylic acids is 3. The van der Waals surface area contributed by atoms with Crippen LogP contribution in [-0.4, -0.2) is 48.9 Å². The van der Waals surface area contributed by atoms with E-state index in [2.05, 4.69) is 83.8 Å². The van der Waals surface area contributed by atoms with Crippen LogP contribution in [0.15, 0.2) is 85.1 Å². The first-order chi connectivity index (χ1) is 18.1. The van der Waals surface area contributed by atoms with E-state index >= 15 is 0 Å². The maximum Gasteiger partial charge on any atom is 0.330 e. The Kier molecular flexibility index (Phi) is 18.7. The number of esters is 1. The molecule has 1 rings (SSSR count). The molecule has 1 N–H and O–H groups in total. The Balaban J connectivity index is 2.06. The molecule has 1 fully saturated rings. The molecule has 1 saturated heterocycles. The van der Waals surface area contributed by atoms with Gasteiger partial charge in [-0.1, -0.05) is 79.8 Å². The maximum atomic E-state index is 12.2. The van der Waals surface area contributed by atoms with Crippen molar-refractivity contribution in [2.75, 3.05) is 20.2 Å². The Morgan fingerprint density at radius 1 is 0.784 bits per heavy atom. The second-order valence-electron chi connectivity index (χ2n) is 8.65. The van der Waals surface area contributed by atoms with Gasteiger partial charge in [0.25, 0.3) is 0 Å². The molecule has 202 valence electrons. The Hall–Kier alpha value is -3.41. The molecule has 0 saturated carbocycles. The fourth-order valence-corrected chi connectivity index (χ4v) is 3.54. The first kappa shape index (κ1) is 31.6. The molecule has 1 aliphatic rings. The Labute approximate surface area is 223 Å². The quantitative estimate of drug-likeness (QED) is 0.151. The van der Waals surface area contributed by atoms with E-state index in [1.807, 2.05) is 6.08 Å². The molecule has 0 radical (unpaired) electrons. The van der Waals surface area contributed by atoms with Crippen molar-refractivity contribution in [3.8, 4) is 0 Å². The molecular weight excluding hydrogens is 464 g/mol. The largest absolute Gasteiger partial charge is 0.466 e. The van der Waals surface area contributed by atoms with Crippen LogP contribution in [0.1, 0.15) is 64.7 Å². The van der Waals surface area contributed by atoms with Crippen molar-refractivity contribution in [3.63, 3.8) is 0 Å². The highest BCUT2D eigenvalue weighted by Gasteiger charge is 2.26. The zero-order valence-corrected chi connectivity index (χ0v) is 22.5. The number of likely N-dealkylation sites (tertiary alicyclic amines) is 1. The van der Waals surface area contributed by atoms with E-state index in [1.54, 1.807) is 4.90 Å². The van der Waals surface area contributed by atoms with Gasteiger partial charge in [0.1, 0.15) is 0 Å². The SMILES string of the molecule is CC/C=C\C/C=C\C/C=C\C/C=C\C/C=C\C/C=C\CCC(=O)N[C@H]1CCN(C(=O)/C=C/C(=O)OC)C1. The van der Waals surface area contributed by atoms with Gasteiger partial charge in [0.15, 0.2) is 0 Å². The molecule has 0 unspecified atom stereocenters. The van der Waals surface area contributed by atoms with Gasteiger partial charge in [-0.15, -0.1) is 0 Å². The van der Waals surface area contributed by atoms with E-state index in [0.717, 1.165) is 44.6 Å². The van der Waals surface area contributed by atoms with Crippen molar-refractivity contribution < 1.29 is 19.1 Å². The van der Waals surface area contributed by atoms with Gasteiger partial charge >= 0.3 is 5.97 Å². The summed E-state index contributed by atoms with van der Waals surface area (Å²) >= 11 is 0. The first-order valence-corrected chi connectivity index (χ1v) is 13.3. The van der Waals surface area contributed by atoms with Crippen molar-refractivity contribution in [3.05, 3.63) is 85.1 Å². The second-order valence-corrected chi connectivity index (χ2v) is 8.65. The van der Waals surface area contributed by atoms with E-state index in [4.69, 9.17) is 0 Å². The van der Waals surface area contributed by atoms with E-state index in [0.29, 0.717) is 32.4 Å². The van der Waals surface area contributed by atoms with Crippen molar-refractivity contribution in [2.45, 2.75) is 70.8 Å².